The van der Waals surface area contributed by atoms with Crippen LogP contribution in [0.5, 0.6) is 0 Å². The van der Waals surface area contributed by atoms with Crippen LogP contribution in [-0.4, -0.2) is 9.97 Å². The predicted octanol–water partition coefficient (Wildman–Crippen LogP) is 1.94. The number of hydrogen-bond acceptors (Lipinski definition) is 2. The molecular weight excluding hydrogens is 374 g/mol. The molecule has 0 aliphatic rings. The number of fused-ring (bicyclic) bond motifs is 1. The first-order valence-corrected chi connectivity index (χ1v) is 3.53. The summed E-state index contributed by atoms with van der Waals surface area (Å²) in [6.45, 7) is 1.99. The molecule has 0 aromatic carbocycles. The molecule has 0 aliphatic carbocycles. The smallest absolute Gasteiger partial charge is 0.0466 e. The van der Waals surface area contributed by atoms with Crippen molar-refractivity contribution in [1.82, 2.24) is 9.97 Å². The molecular formula is C9H8N2U. The van der Waals surface area contributed by atoms with Crippen LogP contribution >= 0.6 is 0 Å². The summed E-state index contributed by atoms with van der Waals surface area (Å²) < 4.78 is 0. The summed E-state index contributed by atoms with van der Waals surface area (Å²) in [7, 11) is 0. The Morgan fingerprint density at radius 3 is 2.67 bits per heavy atom. The molecule has 3 heteroatoms. The number of aryl methyl sites for hydroxylation is 1. The molecule has 0 bridgehead atoms. The molecule has 0 fully saturated rings. The monoisotopic (exact) mass is 382 g/mol. The van der Waals surface area contributed by atoms with Crippen molar-refractivity contribution in [1.29, 1.82) is 0 Å². The summed E-state index contributed by atoms with van der Waals surface area (Å²) in [6.07, 6.45) is 5.46. The second-order valence-electron chi connectivity index (χ2n) is 2.49. The van der Waals surface area contributed by atoms with Crippen molar-refractivity contribution in [3.05, 3.63) is 36.4 Å². The number of nitrogens with zero attached hydrogens (tertiary/aromatic N) is 2. The van der Waals surface area contributed by atoms with Gasteiger partial charge in [-0.1, -0.05) is 0 Å². The van der Waals surface area contributed by atoms with Gasteiger partial charge in [0, 0.05) is 60.8 Å². The first kappa shape index (κ1) is 9.70. The number of aromatic nitrogens is 2. The van der Waals surface area contributed by atoms with Gasteiger partial charge in [-0.2, -0.15) is 0 Å². The van der Waals surface area contributed by atoms with E-state index in [1.165, 1.54) is 5.39 Å². The zero-order chi connectivity index (χ0) is 7.68. The molecule has 2 aromatic heterocycles. The molecule has 0 atom stereocenters. The average molecular weight is 382 g/mol. The summed E-state index contributed by atoms with van der Waals surface area (Å²) in [4.78, 5) is 8.20. The molecule has 0 N–H and O–H groups in total. The van der Waals surface area contributed by atoms with Gasteiger partial charge in [0.05, 0.1) is 0 Å². The zero-order valence-electron chi connectivity index (χ0n) is 6.78. The molecule has 0 amide bonds. The summed E-state index contributed by atoms with van der Waals surface area (Å²) in [5.41, 5.74) is 1.04. The van der Waals surface area contributed by atoms with E-state index in [-0.39, 0.29) is 31.1 Å². The molecule has 2 heterocycles. The second-order valence-corrected chi connectivity index (χ2v) is 2.49. The van der Waals surface area contributed by atoms with E-state index in [9.17, 15) is 0 Å². The van der Waals surface area contributed by atoms with Gasteiger partial charge < -0.3 is 0 Å². The summed E-state index contributed by atoms with van der Waals surface area (Å²) in [6, 6.07) is 3.98. The Labute approximate surface area is 94.8 Å². The largest absolute Gasteiger partial charge is 0.264 e. The fraction of sp³-hybridized carbons (Fsp3) is 0.111. The Bertz CT molecular complexity index is 382. The van der Waals surface area contributed by atoms with E-state index in [0.29, 0.717) is 0 Å². The van der Waals surface area contributed by atoms with Crippen LogP contribution in [0.1, 0.15) is 5.69 Å². The first-order chi connectivity index (χ1) is 5.38. The number of hydrogen-bond donors (Lipinski definition) is 0. The van der Waals surface area contributed by atoms with Gasteiger partial charge in [0.1, 0.15) is 0 Å². The molecule has 12 heavy (non-hydrogen) atoms. The third-order valence-electron chi connectivity index (χ3n) is 1.77. The van der Waals surface area contributed by atoms with E-state index in [4.69, 9.17) is 0 Å². The van der Waals surface area contributed by atoms with Gasteiger partial charge in [-0.15, -0.1) is 0 Å². The van der Waals surface area contributed by atoms with Gasteiger partial charge in [-0.05, 0) is 24.4 Å². The van der Waals surface area contributed by atoms with E-state index in [1.807, 2.05) is 31.5 Å². The Hall–Kier alpha value is -0.388. The van der Waals surface area contributed by atoms with E-state index in [1.54, 1.807) is 6.20 Å². The van der Waals surface area contributed by atoms with Crippen LogP contribution in [0.25, 0.3) is 10.8 Å². The van der Waals surface area contributed by atoms with Gasteiger partial charge >= 0.3 is 0 Å². The SMILES string of the molecule is Cc1nccc2ccncc12.[U]. The summed E-state index contributed by atoms with van der Waals surface area (Å²) in [5.74, 6) is 0. The van der Waals surface area contributed by atoms with Crippen LogP contribution in [0.15, 0.2) is 30.7 Å². The van der Waals surface area contributed by atoms with Crippen LogP contribution in [0.2, 0.25) is 0 Å². The van der Waals surface area contributed by atoms with Gasteiger partial charge in [0.2, 0.25) is 0 Å². The Morgan fingerprint density at radius 2 is 1.92 bits per heavy atom. The van der Waals surface area contributed by atoms with Gasteiger partial charge in [0.15, 0.2) is 0 Å². The van der Waals surface area contributed by atoms with Crippen LogP contribution in [0, 0.1) is 38.0 Å². The van der Waals surface area contributed by atoms with Crippen LogP contribution < -0.4 is 0 Å². The minimum atomic E-state index is 0. The standard InChI is InChI=1S/C9H8N2.U/c1-7-9-6-10-4-2-8(9)3-5-11-7;/h2-6H,1H3;. The van der Waals surface area contributed by atoms with Crippen molar-refractivity contribution in [2.24, 2.45) is 0 Å². The molecule has 2 aromatic rings. The fourth-order valence-electron chi connectivity index (χ4n) is 1.15. The van der Waals surface area contributed by atoms with Crippen molar-refractivity contribution in [3.8, 4) is 0 Å². The van der Waals surface area contributed by atoms with E-state index < -0.39 is 0 Å². The Balaban J connectivity index is 0.000000720. The van der Waals surface area contributed by atoms with Gasteiger partial charge in [-0.3, -0.25) is 9.97 Å². The zero-order valence-corrected chi connectivity index (χ0v) is 10.9. The summed E-state index contributed by atoms with van der Waals surface area (Å²) in [5, 5.41) is 2.34. The van der Waals surface area contributed by atoms with Gasteiger partial charge in [0.25, 0.3) is 0 Å². The fourth-order valence-corrected chi connectivity index (χ4v) is 1.15. The maximum absolute atomic E-state index is 4.17. The minimum Gasteiger partial charge on any atom is -0.264 e. The average Bonchev–Trinajstić information content (AvgIpc) is 2.06. The van der Waals surface area contributed by atoms with Crippen molar-refractivity contribution in [2.45, 2.75) is 6.92 Å². The van der Waals surface area contributed by atoms with Crippen molar-refractivity contribution in [2.75, 3.05) is 0 Å². The molecule has 0 spiro atoms. The quantitative estimate of drug-likeness (QED) is 0.696. The molecule has 0 aliphatic heterocycles. The third-order valence-corrected chi connectivity index (χ3v) is 1.77. The van der Waals surface area contributed by atoms with E-state index in [0.717, 1.165) is 11.1 Å². The second kappa shape index (κ2) is 4.02. The van der Waals surface area contributed by atoms with Gasteiger partial charge in [-0.25, -0.2) is 0 Å². The number of pyridine rings is 2. The molecule has 2 nitrogen and oxygen atoms in total. The third kappa shape index (κ3) is 1.68. The molecule has 2 rings (SSSR count). The van der Waals surface area contributed by atoms with Crippen molar-refractivity contribution in [3.63, 3.8) is 0 Å². The van der Waals surface area contributed by atoms with Crippen LogP contribution in [-0.2, 0) is 0 Å². The maximum atomic E-state index is 4.17. The first-order valence-electron chi connectivity index (χ1n) is 3.53. The van der Waals surface area contributed by atoms with Crippen molar-refractivity contribution >= 4 is 10.8 Å². The topological polar surface area (TPSA) is 25.8 Å². The normalized spacial score (nSPS) is 9.42. The van der Waals surface area contributed by atoms with E-state index in [2.05, 4.69) is 9.97 Å². The Kier molecular flexibility index (Phi) is 3.25. The molecule has 0 saturated heterocycles. The molecule has 58 valence electrons. The summed E-state index contributed by atoms with van der Waals surface area (Å²) >= 11 is 0. The van der Waals surface area contributed by atoms with Crippen LogP contribution in [0.3, 0.4) is 0 Å². The Morgan fingerprint density at radius 1 is 1.17 bits per heavy atom. The van der Waals surface area contributed by atoms with Crippen LogP contribution in [0.4, 0.5) is 0 Å². The molecule has 0 unspecified atom stereocenters. The van der Waals surface area contributed by atoms with Crippen molar-refractivity contribution < 1.29 is 31.1 Å². The molecule has 0 saturated carbocycles. The number of rotatable bonds is 0. The molecule has 0 radical (unpaired) electrons. The van der Waals surface area contributed by atoms with E-state index >= 15 is 0 Å². The predicted molar refractivity (Wildman–Crippen MR) is 44.3 cm³/mol. The maximum Gasteiger partial charge on any atom is 0.0466 e. The minimum absolute atomic E-state index is 0.